The second-order valence-electron chi connectivity index (χ2n) is 25.5. The summed E-state index contributed by atoms with van der Waals surface area (Å²) >= 11 is 0. The van der Waals surface area contributed by atoms with Crippen molar-refractivity contribution >= 4 is 0 Å². The Morgan fingerprint density at radius 3 is 1.07 bits per heavy atom. The Kier molecular flexibility index (Phi) is 10.8. The Bertz CT molecular complexity index is 1470. The van der Waals surface area contributed by atoms with E-state index in [1.807, 2.05) is 0 Å². The topological polar surface area (TPSA) is 0 Å². The maximum Gasteiger partial charge on any atom is -0.0141 e. The zero-order chi connectivity index (χ0) is 38.7. The van der Waals surface area contributed by atoms with Crippen LogP contribution in [0.3, 0.4) is 0 Å². The molecule has 0 aromatic rings. The maximum absolute atomic E-state index is 5.00. The molecule has 0 saturated heterocycles. The van der Waals surface area contributed by atoms with Crippen LogP contribution in [0.2, 0.25) is 0 Å². The molecule has 12 aliphatic rings. The lowest BCUT2D eigenvalue weighted by atomic mass is 9.44. The average molecular weight is 775 g/mol. The SMILES string of the molecule is C=C1C2C(CC3C[C@H]4CCCC[C@H]4C(C)C32)CC2C[C@@H]3CCCC[C@@H]3[C@H](C)C12.C=C1C2C(CCC3C[C@H]4CCCC[C@H]4C(C)C32)CC2C[C@@H]3CCCC[C@@H]3[C@H](C)C12. The second-order valence-corrected chi connectivity index (χ2v) is 25.5. The molecule has 318 valence electrons. The first-order chi connectivity index (χ1) is 27.8. The van der Waals surface area contributed by atoms with Crippen LogP contribution in [0.25, 0.3) is 0 Å². The van der Waals surface area contributed by atoms with E-state index in [1.165, 1.54) is 64.2 Å². The molecule has 12 rings (SSSR count). The van der Waals surface area contributed by atoms with E-state index in [0.29, 0.717) is 0 Å². The van der Waals surface area contributed by atoms with Crippen molar-refractivity contribution in [3.63, 3.8) is 0 Å². The molecule has 0 heteroatoms. The van der Waals surface area contributed by atoms with Gasteiger partial charge in [-0.15, -0.1) is 0 Å². The molecule has 0 aliphatic heterocycles. The van der Waals surface area contributed by atoms with Gasteiger partial charge in [-0.3, -0.25) is 0 Å². The standard InChI is InChI=1S/C29H46.C28H44/c1-17-25-10-6-5-9-21(25)15-24-16-23-13-12-22-14-20-8-4-7-11-26(20)18(2)28(22)29(23)19(3)27(17)24;1-16-24-10-6-4-8-19(24)12-21-14-23-15-22-13-20-9-5-7-11-25(20)17(2)27(22)28(23)18(3)26(16)21/h17-18,20-29H,3-16H2,1-2H3;16-17,19-28H,3-15H2,1-2H3/t17-,18?,20+,21-,22?,23?,24?,25+,26-,27?,28?,29?;16-,17?,19-,20+,21?,22?,23?,24+,25-,26?,27?,28?/m00/s1. The number of fused-ring (bicyclic) bond motifs is 12. The molecule has 12 fully saturated rings. The first-order valence-electron chi connectivity index (χ1n) is 27.1. The predicted octanol–water partition coefficient (Wildman–Crippen LogP) is 15.9. The van der Waals surface area contributed by atoms with Gasteiger partial charge in [0.15, 0.2) is 0 Å². The maximum atomic E-state index is 5.00. The van der Waals surface area contributed by atoms with Gasteiger partial charge in [0, 0.05) is 0 Å². The molecule has 0 aromatic heterocycles. The lowest BCUT2D eigenvalue weighted by Gasteiger charge is -2.61. The molecular formula is C57H90. The third kappa shape index (κ3) is 6.48. The van der Waals surface area contributed by atoms with Crippen LogP contribution in [0.15, 0.2) is 24.3 Å². The highest BCUT2D eigenvalue weighted by molar-refractivity contribution is 5.23. The van der Waals surface area contributed by atoms with Crippen molar-refractivity contribution in [3.05, 3.63) is 24.3 Å². The highest BCUT2D eigenvalue weighted by atomic mass is 14.6. The molecule has 12 aliphatic carbocycles. The van der Waals surface area contributed by atoms with Gasteiger partial charge >= 0.3 is 0 Å². The van der Waals surface area contributed by atoms with Gasteiger partial charge in [-0.25, -0.2) is 0 Å². The van der Waals surface area contributed by atoms with Crippen LogP contribution in [0.4, 0.5) is 0 Å². The van der Waals surface area contributed by atoms with E-state index < -0.39 is 0 Å². The van der Waals surface area contributed by atoms with Gasteiger partial charge in [0.1, 0.15) is 0 Å². The molecule has 14 unspecified atom stereocenters. The van der Waals surface area contributed by atoms with Crippen LogP contribution < -0.4 is 0 Å². The number of hydrogen-bond acceptors (Lipinski definition) is 0. The smallest absolute Gasteiger partial charge is 0.0141 e. The fraction of sp³-hybridized carbons (Fsp3) is 0.930. The van der Waals surface area contributed by atoms with Crippen LogP contribution in [-0.2, 0) is 0 Å². The van der Waals surface area contributed by atoms with Crippen LogP contribution in [0.1, 0.15) is 188 Å². The van der Waals surface area contributed by atoms with Crippen molar-refractivity contribution in [3.8, 4) is 0 Å². The fourth-order valence-electron chi connectivity index (χ4n) is 22.0. The predicted molar refractivity (Wildman–Crippen MR) is 240 cm³/mol. The molecule has 0 nitrogen and oxygen atoms in total. The summed E-state index contributed by atoms with van der Waals surface area (Å²) in [5.41, 5.74) is 3.57. The van der Waals surface area contributed by atoms with E-state index in [2.05, 4.69) is 27.7 Å². The summed E-state index contributed by atoms with van der Waals surface area (Å²) in [6, 6.07) is 0. The number of rotatable bonds is 0. The summed E-state index contributed by atoms with van der Waals surface area (Å²) in [5, 5.41) is 0. The quantitative estimate of drug-likeness (QED) is 0.215. The van der Waals surface area contributed by atoms with Crippen LogP contribution in [0.5, 0.6) is 0 Å². The summed E-state index contributed by atoms with van der Waals surface area (Å²) in [6.07, 6.45) is 38.6. The molecule has 0 bridgehead atoms. The molecule has 0 N–H and O–H groups in total. The second kappa shape index (κ2) is 15.7. The normalized spacial score (nSPS) is 57.5. The number of allylic oxidation sites excluding steroid dienone is 2. The molecule has 0 radical (unpaired) electrons. The third-order valence-electron chi connectivity index (χ3n) is 23.7. The van der Waals surface area contributed by atoms with Gasteiger partial charge in [0.2, 0.25) is 0 Å². The van der Waals surface area contributed by atoms with Gasteiger partial charge < -0.3 is 0 Å². The van der Waals surface area contributed by atoms with Gasteiger partial charge in [-0.1, -0.05) is 129 Å². The summed E-state index contributed by atoms with van der Waals surface area (Å²) < 4.78 is 0. The van der Waals surface area contributed by atoms with Crippen LogP contribution >= 0.6 is 0 Å². The van der Waals surface area contributed by atoms with Gasteiger partial charge in [-0.05, 0) is 226 Å². The van der Waals surface area contributed by atoms with E-state index in [0.717, 1.165) is 142 Å². The Hall–Kier alpha value is -0.520. The molecule has 12 saturated carbocycles. The van der Waals surface area contributed by atoms with Gasteiger partial charge in [0.05, 0.1) is 0 Å². The van der Waals surface area contributed by atoms with Crippen LogP contribution in [0, 0.1) is 142 Å². The molecule has 57 heavy (non-hydrogen) atoms. The van der Waals surface area contributed by atoms with E-state index in [4.69, 9.17) is 13.2 Å². The number of hydrogen-bond donors (Lipinski definition) is 0. The first-order valence-corrected chi connectivity index (χ1v) is 27.1. The zero-order valence-corrected chi connectivity index (χ0v) is 37.9. The minimum atomic E-state index is 0.880. The fourth-order valence-corrected chi connectivity index (χ4v) is 22.0. The molecule has 0 spiro atoms. The first kappa shape index (κ1) is 39.3. The van der Waals surface area contributed by atoms with E-state index in [1.54, 1.807) is 107 Å². The monoisotopic (exact) mass is 775 g/mol. The van der Waals surface area contributed by atoms with E-state index in [9.17, 15) is 0 Å². The minimum absolute atomic E-state index is 0.880. The lowest BCUT2D eigenvalue weighted by molar-refractivity contribution is -0.0800. The lowest BCUT2D eigenvalue weighted by Crippen LogP contribution is -2.53. The summed E-state index contributed by atoms with van der Waals surface area (Å²) in [6.45, 7) is 20.7. The Morgan fingerprint density at radius 1 is 0.281 bits per heavy atom. The van der Waals surface area contributed by atoms with E-state index in [-0.39, 0.29) is 0 Å². The van der Waals surface area contributed by atoms with E-state index >= 15 is 0 Å². The summed E-state index contributed by atoms with van der Waals surface area (Å²) in [5.74, 6) is 24.0. The highest BCUT2D eigenvalue weighted by Gasteiger charge is 2.59. The van der Waals surface area contributed by atoms with Gasteiger partial charge in [-0.2, -0.15) is 0 Å². The van der Waals surface area contributed by atoms with Crippen molar-refractivity contribution in [2.45, 2.75) is 188 Å². The summed E-state index contributed by atoms with van der Waals surface area (Å²) in [4.78, 5) is 0. The Labute approximate surface area is 353 Å². The minimum Gasteiger partial charge on any atom is -0.0993 e. The average Bonchev–Trinajstić information content (AvgIpc) is 3.60. The Balaban J connectivity index is 0.000000131. The molecular weight excluding hydrogens is 685 g/mol. The van der Waals surface area contributed by atoms with Crippen molar-refractivity contribution in [2.75, 3.05) is 0 Å². The van der Waals surface area contributed by atoms with Crippen molar-refractivity contribution in [1.29, 1.82) is 0 Å². The molecule has 24 atom stereocenters. The zero-order valence-electron chi connectivity index (χ0n) is 37.9. The van der Waals surface area contributed by atoms with Crippen molar-refractivity contribution < 1.29 is 0 Å². The van der Waals surface area contributed by atoms with Crippen LogP contribution in [-0.4, -0.2) is 0 Å². The molecule has 0 aromatic carbocycles. The highest BCUT2D eigenvalue weighted by Crippen LogP contribution is 2.67. The molecule has 0 heterocycles. The summed E-state index contributed by atoms with van der Waals surface area (Å²) in [7, 11) is 0. The Morgan fingerprint density at radius 2 is 0.579 bits per heavy atom. The van der Waals surface area contributed by atoms with Crippen molar-refractivity contribution in [1.82, 2.24) is 0 Å². The third-order valence-corrected chi connectivity index (χ3v) is 23.7. The van der Waals surface area contributed by atoms with Crippen molar-refractivity contribution in [2.24, 2.45) is 142 Å². The van der Waals surface area contributed by atoms with Gasteiger partial charge in [0.25, 0.3) is 0 Å². The largest absolute Gasteiger partial charge is 0.0993 e. The molecule has 0 amide bonds.